The Bertz CT molecular complexity index is 1320. The van der Waals surface area contributed by atoms with Crippen LogP contribution in [0.1, 0.15) is 11.1 Å². The maximum absolute atomic E-state index is 12.9. The van der Waals surface area contributed by atoms with Crippen molar-refractivity contribution < 1.29 is 21.6 Å². The number of rotatable bonds is 6. The molecule has 2 amide bonds. The predicted molar refractivity (Wildman–Crippen MR) is 119 cm³/mol. The standard InChI is InChI=1S/C21H21N3O5S2/c1-15-11-13-17(14-12-15)30(26,27)24-21(25)22-19-9-5-6-10-20(19)31(28,29)23-18-8-4-3-7-16(18)2/h3-14,23H,1-2H3,(H2,22,24,25). The highest BCUT2D eigenvalue weighted by Crippen LogP contribution is 2.25. The molecule has 8 nitrogen and oxygen atoms in total. The van der Waals surface area contributed by atoms with Crippen molar-refractivity contribution >= 4 is 37.5 Å². The van der Waals surface area contributed by atoms with Crippen molar-refractivity contribution in [3.8, 4) is 0 Å². The van der Waals surface area contributed by atoms with Gasteiger partial charge in [0.2, 0.25) is 0 Å². The fraction of sp³-hybridized carbons (Fsp3) is 0.0952. The van der Waals surface area contributed by atoms with Crippen LogP contribution in [0.2, 0.25) is 0 Å². The summed E-state index contributed by atoms with van der Waals surface area (Å²) in [7, 11) is -8.18. The van der Waals surface area contributed by atoms with Crippen molar-refractivity contribution in [3.63, 3.8) is 0 Å². The molecule has 31 heavy (non-hydrogen) atoms. The molecule has 0 bridgehead atoms. The van der Waals surface area contributed by atoms with Crippen LogP contribution in [0.4, 0.5) is 16.2 Å². The number of sulfonamides is 2. The summed E-state index contributed by atoms with van der Waals surface area (Å²) in [6, 6.07) is 17.4. The lowest BCUT2D eigenvalue weighted by atomic mass is 10.2. The lowest BCUT2D eigenvalue weighted by Gasteiger charge is -2.15. The molecule has 0 atom stereocenters. The summed E-state index contributed by atoms with van der Waals surface area (Å²) in [5.41, 5.74) is 1.91. The molecule has 162 valence electrons. The van der Waals surface area contributed by atoms with Gasteiger partial charge in [-0.1, -0.05) is 48.0 Å². The van der Waals surface area contributed by atoms with Crippen LogP contribution < -0.4 is 14.8 Å². The van der Waals surface area contributed by atoms with Crippen LogP contribution in [0.15, 0.2) is 82.6 Å². The molecule has 0 heterocycles. The van der Waals surface area contributed by atoms with E-state index in [9.17, 15) is 21.6 Å². The van der Waals surface area contributed by atoms with E-state index in [-0.39, 0.29) is 15.5 Å². The zero-order valence-corrected chi connectivity index (χ0v) is 18.4. The largest absolute Gasteiger partial charge is 0.333 e. The Morgan fingerprint density at radius 3 is 1.94 bits per heavy atom. The van der Waals surface area contributed by atoms with E-state index in [1.54, 1.807) is 50.2 Å². The van der Waals surface area contributed by atoms with Gasteiger partial charge in [0.15, 0.2) is 0 Å². The molecule has 10 heteroatoms. The molecule has 3 aromatic carbocycles. The summed E-state index contributed by atoms with van der Waals surface area (Å²) < 4.78 is 55.0. The minimum Gasteiger partial charge on any atom is -0.306 e. The molecular formula is C21H21N3O5S2. The van der Waals surface area contributed by atoms with E-state index in [0.29, 0.717) is 5.69 Å². The Kier molecular flexibility index (Phi) is 6.32. The normalized spacial score (nSPS) is 11.5. The number of benzene rings is 3. The van der Waals surface area contributed by atoms with Gasteiger partial charge < -0.3 is 5.32 Å². The molecule has 0 aliphatic carbocycles. The van der Waals surface area contributed by atoms with Crippen molar-refractivity contribution in [2.24, 2.45) is 0 Å². The van der Waals surface area contributed by atoms with E-state index < -0.39 is 26.1 Å². The van der Waals surface area contributed by atoms with Crippen LogP contribution in [-0.2, 0) is 20.0 Å². The molecule has 3 rings (SSSR count). The number of carbonyl (C=O) groups is 1. The van der Waals surface area contributed by atoms with Crippen LogP contribution in [0.25, 0.3) is 0 Å². The Morgan fingerprint density at radius 2 is 1.29 bits per heavy atom. The molecule has 3 aromatic rings. The Balaban J connectivity index is 1.82. The lowest BCUT2D eigenvalue weighted by Crippen LogP contribution is -2.34. The van der Waals surface area contributed by atoms with Gasteiger partial charge in [-0.3, -0.25) is 4.72 Å². The third-order valence-corrected chi connectivity index (χ3v) is 7.14. The zero-order valence-electron chi connectivity index (χ0n) is 16.8. The fourth-order valence-corrected chi connectivity index (χ4v) is 4.94. The van der Waals surface area contributed by atoms with Crippen LogP contribution >= 0.6 is 0 Å². The second-order valence-electron chi connectivity index (χ2n) is 6.79. The molecule has 0 fully saturated rings. The number of urea groups is 1. The average Bonchev–Trinajstić information content (AvgIpc) is 2.70. The molecule has 0 radical (unpaired) electrons. The summed E-state index contributed by atoms with van der Waals surface area (Å²) in [5, 5.41) is 2.31. The van der Waals surface area contributed by atoms with E-state index in [1.807, 2.05) is 4.72 Å². The second kappa shape index (κ2) is 8.78. The monoisotopic (exact) mass is 459 g/mol. The molecule has 0 aliphatic heterocycles. The number of hydrogen-bond acceptors (Lipinski definition) is 5. The Hall–Kier alpha value is -3.37. The summed E-state index contributed by atoms with van der Waals surface area (Å²) in [6.07, 6.45) is 0. The van der Waals surface area contributed by atoms with E-state index in [4.69, 9.17) is 0 Å². The Morgan fingerprint density at radius 1 is 0.710 bits per heavy atom. The first-order valence-electron chi connectivity index (χ1n) is 9.16. The van der Waals surface area contributed by atoms with Crippen molar-refractivity contribution in [1.29, 1.82) is 0 Å². The highest BCUT2D eigenvalue weighted by atomic mass is 32.2. The molecule has 0 aliphatic rings. The molecule has 0 saturated heterocycles. The third-order valence-electron chi connectivity index (χ3n) is 4.37. The van der Waals surface area contributed by atoms with Crippen molar-refractivity contribution in [3.05, 3.63) is 83.9 Å². The number of para-hydroxylation sites is 2. The number of carbonyl (C=O) groups excluding carboxylic acids is 1. The van der Waals surface area contributed by atoms with Crippen LogP contribution in [0, 0.1) is 13.8 Å². The van der Waals surface area contributed by atoms with E-state index in [1.165, 1.54) is 36.4 Å². The van der Waals surface area contributed by atoms with Gasteiger partial charge in [0.25, 0.3) is 20.0 Å². The van der Waals surface area contributed by atoms with E-state index >= 15 is 0 Å². The molecule has 0 unspecified atom stereocenters. The first-order valence-corrected chi connectivity index (χ1v) is 12.1. The van der Waals surface area contributed by atoms with Crippen molar-refractivity contribution in [1.82, 2.24) is 4.72 Å². The van der Waals surface area contributed by atoms with Gasteiger partial charge in [-0.15, -0.1) is 0 Å². The first kappa shape index (κ1) is 22.3. The minimum atomic E-state index is -4.13. The summed E-state index contributed by atoms with van der Waals surface area (Å²) >= 11 is 0. The number of anilines is 2. The first-order chi connectivity index (χ1) is 14.6. The highest BCUT2D eigenvalue weighted by Gasteiger charge is 2.22. The van der Waals surface area contributed by atoms with Gasteiger partial charge in [0.05, 0.1) is 16.3 Å². The quantitative estimate of drug-likeness (QED) is 0.520. The SMILES string of the molecule is Cc1ccc(S(=O)(=O)NC(=O)Nc2ccccc2S(=O)(=O)Nc2ccccc2C)cc1. The number of amides is 2. The van der Waals surface area contributed by atoms with Gasteiger partial charge in [0, 0.05) is 0 Å². The van der Waals surface area contributed by atoms with Crippen LogP contribution in [0.3, 0.4) is 0 Å². The highest BCUT2D eigenvalue weighted by molar-refractivity contribution is 7.93. The summed E-state index contributed by atoms with van der Waals surface area (Å²) in [4.78, 5) is 12.0. The van der Waals surface area contributed by atoms with Gasteiger partial charge >= 0.3 is 6.03 Å². The fourth-order valence-electron chi connectivity index (χ4n) is 2.74. The van der Waals surface area contributed by atoms with Crippen LogP contribution in [0.5, 0.6) is 0 Å². The van der Waals surface area contributed by atoms with Crippen molar-refractivity contribution in [2.75, 3.05) is 10.0 Å². The maximum Gasteiger partial charge on any atom is 0.333 e. The number of nitrogens with one attached hydrogen (secondary N) is 3. The van der Waals surface area contributed by atoms with E-state index in [0.717, 1.165) is 11.1 Å². The van der Waals surface area contributed by atoms with Gasteiger partial charge in [-0.05, 0) is 49.7 Å². The van der Waals surface area contributed by atoms with Crippen LogP contribution in [-0.4, -0.2) is 22.9 Å². The van der Waals surface area contributed by atoms with Gasteiger partial charge in [-0.25, -0.2) is 26.4 Å². The smallest absolute Gasteiger partial charge is 0.306 e. The van der Waals surface area contributed by atoms with Gasteiger partial charge in [-0.2, -0.15) is 0 Å². The molecule has 0 aromatic heterocycles. The number of aryl methyl sites for hydroxylation is 2. The third kappa shape index (κ3) is 5.41. The summed E-state index contributed by atoms with van der Waals surface area (Å²) in [6.45, 7) is 3.56. The minimum absolute atomic E-state index is 0.0693. The Labute approximate surface area is 181 Å². The lowest BCUT2D eigenvalue weighted by molar-refractivity contribution is 0.256. The van der Waals surface area contributed by atoms with E-state index in [2.05, 4.69) is 10.0 Å². The molecule has 0 saturated carbocycles. The topological polar surface area (TPSA) is 121 Å². The van der Waals surface area contributed by atoms with Gasteiger partial charge in [0.1, 0.15) is 4.90 Å². The number of hydrogen-bond donors (Lipinski definition) is 3. The van der Waals surface area contributed by atoms with Crippen molar-refractivity contribution in [2.45, 2.75) is 23.6 Å². The second-order valence-corrected chi connectivity index (χ2v) is 10.1. The zero-order chi connectivity index (χ0) is 22.6. The maximum atomic E-state index is 12.9. The molecule has 3 N–H and O–H groups in total. The molecule has 0 spiro atoms. The predicted octanol–water partition coefficient (Wildman–Crippen LogP) is 3.61. The molecular weight excluding hydrogens is 438 g/mol. The average molecular weight is 460 g/mol. The summed E-state index contributed by atoms with van der Waals surface area (Å²) in [5.74, 6) is 0.